The van der Waals surface area contributed by atoms with Crippen molar-refractivity contribution in [3.8, 4) is 5.75 Å². The molecular weight excluding hydrogens is 251 g/mol. The molecule has 1 aromatic carbocycles. The minimum absolute atomic E-state index is 0.0853. The Kier molecular flexibility index (Phi) is 3.63. The van der Waals surface area contributed by atoms with Crippen molar-refractivity contribution in [1.29, 1.82) is 0 Å². The van der Waals surface area contributed by atoms with Gasteiger partial charge in [0.2, 0.25) is 0 Å². The molecule has 4 heteroatoms. The van der Waals surface area contributed by atoms with Crippen molar-refractivity contribution in [2.45, 2.75) is 20.0 Å². The molecular formula is C10H10BrFO2. The largest absolute Gasteiger partial charge is 0.480 e. The number of hydrogen-bond acceptors (Lipinski definition) is 2. The molecule has 0 aliphatic carbocycles. The number of Topliss-reactive ketones (excluding diaryl/α,β-unsaturated/α-hetero) is 1. The summed E-state index contributed by atoms with van der Waals surface area (Å²) in [7, 11) is 0. The van der Waals surface area contributed by atoms with E-state index in [-0.39, 0.29) is 11.5 Å². The highest BCUT2D eigenvalue weighted by Crippen LogP contribution is 2.23. The first-order valence-electron chi connectivity index (χ1n) is 4.13. The van der Waals surface area contributed by atoms with Gasteiger partial charge in [0.1, 0.15) is 0 Å². The lowest BCUT2D eigenvalue weighted by Gasteiger charge is -2.12. The summed E-state index contributed by atoms with van der Waals surface area (Å²) in [6.45, 7) is 2.99. The van der Waals surface area contributed by atoms with E-state index < -0.39 is 11.9 Å². The van der Waals surface area contributed by atoms with Gasteiger partial charge in [0.05, 0.1) is 0 Å². The first-order valence-corrected chi connectivity index (χ1v) is 4.92. The Bertz CT molecular complexity index is 352. The fourth-order valence-electron chi connectivity index (χ4n) is 0.841. The van der Waals surface area contributed by atoms with Gasteiger partial charge >= 0.3 is 0 Å². The summed E-state index contributed by atoms with van der Waals surface area (Å²) in [4.78, 5) is 10.9. The first kappa shape index (κ1) is 11.2. The quantitative estimate of drug-likeness (QED) is 0.836. The van der Waals surface area contributed by atoms with Gasteiger partial charge in [-0.1, -0.05) is 15.9 Å². The topological polar surface area (TPSA) is 26.3 Å². The number of hydrogen-bond donors (Lipinski definition) is 0. The predicted molar refractivity (Wildman–Crippen MR) is 54.9 cm³/mol. The van der Waals surface area contributed by atoms with Crippen LogP contribution in [-0.2, 0) is 4.79 Å². The third-order valence-electron chi connectivity index (χ3n) is 1.77. The van der Waals surface area contributed by atoms with Gasteiger partial charge in [-0.3, -0.25) is 4.79 Å². The number of ether oxygens (including phenoxy) is 1. The maximum atomic E-state index is 13.1. The molecule has 0 bridgehead atoms. The minimum atomic E-state index is -0.626. The van der Waals surface area contributed by atoms with Gasteiger partial charge in [0.15, 0.2) is 23.5 Å². The summed E-state index contributed by atoms with van der Waals surface area (Å²) in [5, 5.41) is 0. The molecule has 0 radical (unpaired) electrons. The van der Waals surface area contributed by atoms with Gasteiger partial charge in [0, 0.05) is 4.47 Å². The van der Waals surface area contributed by atoms with Crippen LogP contribution in [0.1, 0.15) is 13.8 Å². The summed E-state index contributed by atoms with van der Waals surface area (Å²) >= 11 is 3.19. The third kappa shape index (κ3) is 2.80. The summed E-state index contributed by atoms with van der Waals surface area (Å²) in [6, 6.07) is 4.35. The van der Waals surface area contributed by atoms with E-state index in [1.165, 1.54) is 19.1 Å². The molecule has 0 fully saturated rings. The zero-order valence-electron chi connectivity index (χ0n) is 7.88. The van der Waals surface area contributed by atoms with Crippen LogP contribution in [0.25, 0.3) is 0 Å². The zero-order chi connectivity index (χ0) is 10.7. The molecule has 0 saturated carbocycles. The van der Waals surface area contributed by atoms with Crippen LogP contribution in [0.3, 0.4) is 0 Å². The number of ketones is 1. The zero-order valence-corrected chi connectivity index (χ0v) is 9.47. The van der Waals surface area contributed by atoms with Crippen LogP contribution in [0, 0.1) is 5.82 Å². The first-order chi connectivity index (χ1) is 6.50. The Morgan fingerprint density at radius 2 is 2.21 bits per heavy atom. The SMILES string of the molecule is CC(=O)C(C)Oc1cc(Br)ccc1F. The summed E-state index contributed by atoms with van der Waals surface area (Å²) in [5.74, 6) is -0.521. The van der Waals surface area contributed by atoms with Gasteiger partial charge in [-0.15, -0.1) is 0 Å². The van der Waals surface area contributed by atoms with Crippen molar-refractivity contribution in [2.24, 2.45) is 0 Å². The Balaban J connectivity index is 2.85. The molecule has 0 aliphatic heterocycles. The van der Waals surface area contributed by atoms with Crippen molar-refractivity contribution in [3.63, 3.8) is 0 Å². The average Bonchev–Trinajstić information content (AvgIpc) is 2.11. The van der Waals surface area contributed by atoms with Crippen LogP contribution < -0.4 is 4.74 Å². The smallest absolute Gasteiger partial charge is 0.169 e. The molecule has 14 heavy (non-hydrogen) atoms. The number of carbonyl (C=O) groups excluding carboxylic acids is 1. The molecule has 0 N–H and O–H groups in total. The minimum Gasteiger partial charge on any atom is -0.480 e. The van der Waals surface area contributed by atoms with Crippen LogP contribution in [0.15, 0.2) is 22.7 Å². The molecule has 1 unspecified atom stereocenters. The van der Waals surface area contributed by atoms with Crippen LogP contribution >= 0.6 is 15.9 Å². The van der Waals surface area contributed by atoms with Crippen LogP contribution in [0.4, 0.5) is 4.39 Å². The normalized spacial score (nSPS) is 12.3. The van der Waals surface area contributed by atoms with E-state index in [4.69, 9.17) is 4.74 Å². The fourth-order valence-corrected chi connectivity index (χ4v) is 1.18. The number of benzene rings is 1. The molecule has 0 aliphatic rings. The van der Waals surface area contributed by atoms with Crippen molar-refractivity contribution in [2.75, 3.05) is 0 Å². The fraction of sp³-hybridized carbons (Fsp3) is 0.300. The predicted octanol–water partition coefficient (Wildman–Crippen LogP) is 2.94. The van der Waals surface area contributed by atoms with E-state index in [0.717, 1.165) is 0 Å². The highest BCUT2D eigenvalue weighted by Gasteiger charge is 2.12. The molecule has 1 aromatic rings. The molecule has 2 nitrogen and oxygen atoms in total. The highest BCUT2D eigenvalue weighted by molar-refractivity contribution is 9.10. The number of rotatable bonds is 3. The monoisotopic (exact) mass is 260 g/mol. The second-order valence-electron chi connectivity index (χ2n) is 2.95. The Morgan fingerprint density at radius 3 is 2.79 bits per heavy atom. The van der Waals surface area contributed by atoms with Crippen molar-refractivity contribution < 1.29 is 13.9 Å². The maximum Gasteiger partial charge on any atom is 0.169 e. The van der Waals surface area contributed by atoms with Gasteiger partial charge in [0.25, 0.3) is 0 Å². The summed E-state index contributed by atoms with van der Waals surface area (Å²) in [6.07, 6.45) is -0.626. The van der Waals surface area contributed by atoms with Crippen LogP contribution in [0.2, 0.25) is 0 Å². The second-order valence-corrected chi connectivity index (χ2v) is 3.86. The van der Waals surface area contributed by atoms with Crippen LogP contribution in [-0.4, -0.2) is 11.9 Å². The van der Waals surface area contributed by atoms with Gasteiger partial charge in [-0.05, 0) is 32.0 Å². The molecule has 0 spiro atoms. The van der Waals surface area contributed by atoms with Gasteiger partial charge < -0.3 is 4.74 Å². The molecule has 76 valence electrons. The standard InChI is InChI=1S/C10H10BrFO2/c1-6(13)7(2)14-10-5-8(11)3-4-9(10)12/h3-5,7H,1-2H3. The molecule has 0 saturated heterocycles. The lowest BCUT2D eigenvalue weighted by atomic mass is 10.3. The van der Waals surface area contributed by atoms with Crippen molar-refractivity contribution in [3.05, 3.63) is 28.5 Å². The molecule has 0 heterocycles. The molecule has 0 aromatic heterocycles. The molecule has 0 amide bonds. The van der Waals surface area contributed by atoms with Gasteiger partial charge in [-0.25, -0.2) is 4.39 Å². The van der Waals surface area contributed by atoms with E-state index in [9.17, 15) is 9.18 Å². The van der Waals surface area contributed by atoms with E-state index in [1.807, 2.05) is 0 Å². The summed E-state index contributed by atoms with van der Waals surface area (Å²) in [5.41, 5.74) is 0. The Labute approximate surface area is 90.2 Å². The highest BCUT2D eigenvalue weighted by atomic mass is 79.9. The Morgan fingerprint density at radius 1 is 1.57 bits per heavy atom. The average molecular weight is 261 g/mol. The van der Waals surface area contributed by atoms with E-state index >= 15 is 0 Å². The number of halogens is 2. The lowest BCUT2D eigenvalue weighted by molar-refractivity contribution is -0.122. The van der Waals surface area contributed by atoms with E-state index in [0.29, 0.717) is 4.47 Å². The molecule has 1 atom stereocenters. The summed E-state index contributed by atoms with van der Waals surface area (Å²) < 4.78 is 19.0. The van der Waals surface area contributed by atoms with Crippen molar-refractivity contribution in [1.82, 2.24) is 0 Å². The molecule has 1 rings (SSSR count). The van der Waals surface area contributed by atoms with Gasteiger partial charge in [-0.2, -0.15) is 0 Å². The Hall–Kier alpha value is -0.900. The van der Waals surface area contributed by atoms with Crippen LogP contribution in [0.5, 0.6) is 5.75 Å². The van der Waals surface area contributed by atoms with E-state index in [2.05, 4.69) is 15.9 Å². The third-order valence-corrected chi connectivity index (χ3v) is 2.26. The van der Waals surface area contributed by atoms with E-state index in [1.54, 1.807) is 13.0 Å². The number of carbonyl (C=O) groups is 1. The maximum absolute atomic E-state index is 13.1. The van der Waals surface area contributed by atoms with Crippen molar-refractivity contribution >= 4 is 21.7 Å². The lowest BCUT2D eigenvalue weighted by Crippen LogP contribution is -2.21. The second kappa shape index (κ2) is 4.55.